The molecule has 21 heavy (non-hydrogen) atoms. The van der Waals surface area contributed by atoms with Crippen LogP contribution in [-0.4, -0.2) is 7.11 Å². The van der Waals surface area contributed by atoms with Crippen LogP contribution in [0.5, 0.6) is 5.75 Å². The van der Waals surface area contributed by atoms with E-state index in [0.29, 0.717) is 11.3 Å². The normalized spacial score (nSPS) is 11.9. The molecule has 0 unspecified atom stereocenters. The largest absolute Gasteiger partial charge is 0.497 e. The molecular formula is C16H12ClF3O. The summed E-state index contributed by atoms with van der Waals surface area (Å²) in [4.78, 5) is 0. The van der Waals surface area contributed by atoms with Crippen molar-refractivity contribution in [2.75, 3.05) is 7.11 Å². The minimum atomic E-state index is -4.41. The number of hydrogen-bond donors (Lipinski definition) is 0. The minimum absolute atomic E-state index is 0.0548. The maximum Gasteiger partial charge on any atom is 0.416 e. The second-order valence-corrected chi connectivity index (χ2v) is 4.81. The van der Waals surface area contributed by atoms with E-state index in [1.165, 1.54) is 6.07 Å². The maximum absolute atomic E-state index is 12.7. The number of rotatable bonds is 3. The standard InChI is InChI=1S/C16H12ClF3O/c1-21-15-6-4-11(5-7-15)2-3-12-8-13(16(18,19)20)10-14(17)9-12/h2-10H,1H3. The first-order valence-corrected chi connectivity index (χ1v) is 6.46. The van der Waals surface area contributed by atoms with E-state index in [0.717, 1.165) is 17.7 Å². The first-order chi connectivity index (χ1) is 9.88. The lowest BCUT2D eigenvalue weighted by atomic mass is 10.1. The van der Waals surface area contributed by atoms with Gasteiger partial charge in [0.15, 0.2) is 0 Å². The number of methoxy groups -OCH3 is 1. The van der Waals surface area contributed by atoms with Crippen molar-refractivity contribution in [3.63, 3.8) is 0 Å². The van der Waals surface area contributed by atoms with E-state index in [4.69, 9.17) is 16.3 Å². The SMILES string of the molecule is COc1ccc(C=Cc2cc(Cl)cc(C(F)(F)F)c2)cc1. The molecule has 0 heterocycles. The van der Waals surface area contributed by atoms with Crippen molar-refractivity contribution < 1.29 is 17.9 Å². The highest BCUT2D eigenvalue weighted by atomic mass is 35.5. The van der Waals surface area contributed by atoms with Gasteiger partial charge in [0.05, 0.1) is 12.7 Å². The fourth-order valence-corrected chi connectivity index (χ4v) is 2.02. The Morgan fingerprint density at radius 2 is 1.57 bits per heavy atom. The average molecular weight is 313 g/mol. The number of hydrogen-bond acceptors (Lipinski definition) is 1. The Morgan fingerprint density at radius 1 is 0.952 bits per heavy atom. The molecule has 0 atom stereocenters. The van der Waals surface area contributed by atoms with Crippen LogP contribution in [-0.2, 0) is 6.18 Å². The van der Waals surface area contributed by atoms with Crippen molar-refractivity contribution in [3.8, 4) is 5.75 Å². The topological polar surface area (TPSA) is 9.23 Å². The Kier molecular flexibility index (Phi) is 4.58. The molecule has 0 aliphatic carbocycles. The van der Waals surface area contributed by atoms with Gasteiger partial charge in [-0.2, -0.15) is 13.2 Å². The molecule has 0 aromatic heterocycles. The van der Waals surface area contributed by atoms with Crippen LogP contribution in [0.15, 0.2) is 42.5 Å². The number of benzene rings is 2. The van der Waals surface area contributed by atoms with Crippen molar-refractivity contribution in [1.29, 1.82) is 0 Å². The van der Waals surface area contributed by atoms with Crippen molar-refractivity contribution in [2.24, 2.45) is 0 Å². The molecule has 0 bridgehead atoms. The van der Waals surface area contributed by atoms with Gasteiger partial charge >= 0.3 is 6.18 Å². The van der Waals surface area contributed by atoms with Gasteiger partial charge in [0.25, 0.3) is 0 Å². The van der Waals surface area contributed by atoms with E-state index in [2.05, 4.69) is 0 Å². The summed E-state index contributed by atoms with van der Waals surface area (Å²) in [7, 11) is 1.56. The molecule has 0 fully saturated rings. The van der Waals surface area contributed by atoms with Crippen LogP contribution >= 0.6 is 11.6 Å². The molecule has 0 saturated carbocycles. The number of ether oxygens (including phenoxy) is 1. The molecule has 0 amide bonds. The molecule has 1 nitrogen and oxygen atoms in total. The predicted octanol–water partition coefficient (Wildman–Crippen LogP) is 5.54. The molecule has 0 spiro atoms. The molecule has 0 aliphatic heterocycles. The number of halogens is 4. The van der Waals surface area contributed by atoms with Crippen molar-refractivity contribution in [3.05, 3.63) is 64.2 Å². The fraction of sp³-hybridized carbons (Fsp3) is 0.125. The van der Waals surface area contributed by atoms with Crippen LogP contribution in [0.3, 0.4) is 0 Å². The maximum atomic E-state index is 12.7. The van der Waals surface area contributed by atoms with Gasteiger partial charge in [0.1, 0.15) is 5.75 Å². The van der Waals surface area contributed by atoms with Crippen molar-refractivity contribution in [1.82, 2.24) is 0 Å². The molecule has 0 aliphatic rings. The zero-order valence-corrected chi connectivity index (χ0v) is 11.9. The highest BCUT2D eigenvalue weighted by Crippen LogP contribution is 2.32. The Balaban J connectivity index is 2.25. The summed E-state index contributed by atoms with van der Waals surface area (Å²) in [6.07, 6.45) is -1.11. The minimum Gasteiger partial charge on any atom is -0.497 e. The van der Waals surface area contributed by atoms with E-state index in [9.17, 15) is 13.2 Å². The number of alkyl halides is 3. The van der Waals surface area contributed by atoms with Gasteiger partial charge in [-0.3, -0.25) is 0 Å². The molecule has 0 radical (unpaired) electrons. The second-order valence-electron chi connectivity index (χ2n) is 4.38. The summed E-state index contributed by atoms with van der Waals surface area (Å²) in [5, 5.41) is 0.0548. The summed E-state index contributed by atoms with van der Waals surface area (Å²) in [5.74, 6) is 0.717. The Bertz CT molecular complexity index is 646. The third kappa shape index (κ3) is 4.26. The van der Waals surface area contributed by atoms with E-state index >= 15 is 0 Å². The summed E-state index contributed by atoms with van der Waals surface area (Å²) < 4.78 is 43.1. The Hall–Kier alpha value is -1.94. The average Bonchev–Trinajstić information content (AvgIpc) is 2.44. The highest BCUT2D eigenvalue weighted by molar-refractivity contribution is 6.30. The summed E-state index contributed by atoms with van der Waals surface area (Å²) in [6.45, 7) is 0. The second kappa shape index (κ2) is 6.22. The van der Waals surface area contributed by atoms with Gasteiger partial charge in [-0.1, -0.05) is 35.9 Å². The van der Waals surface area contributed by atoms with Crippen LogP contribution < -0.4 is 4.74 Å². The molecule has 5 heteroatoms. The lowest BCUT2D eigenvalue weighted by Gasteiger charge is -2.08. The van der Waals surface area contributed by atoms with Crippen LogP contribution in [0.1, 0.15) is 16.7 Å². The molecular weight excluding hydrogens is 301 g/mol. The van der Waals surface area contributed by atoms with Gasteiger partial charge in [-0.15, -0.1) is 0 Å². The van der Waals surface area contributed by atoms with Crippen LogP contribution in [0, 0.1) is 0 Å². The zero-order chi connectivity index (χ0) is 15.5. The van der Waals surface area contributed by atoms with Gasteiger partial charge in [-0.05, 0) is 41.5 Å². The lowest BCUT2D eigenvalue weighted by molar-refractivity contribution is -0.137. The van der Waals surface area contributed by atoms with Crippen molar-refractivity contribution in [2.45, 2.75) is 6.18 Å². The summed E-state index contributed by atoms with van der Waals surface area (Å²) in [6, 6.07) is 10.6. The lowest BCUT2D eigenvalue weighted by Crippen LogP contribution is -2.04. The van der Waals surface area contributed by atoms with Crippen LogP contribution in [0.25, 0.3) is 12.2 Å². The fourth-order valence-electron chi connectivity index (χ4n) is 1.78. The molecule has 110 valence electrons. The highest BCUT2D eigenvalue weighted by Gasteiger charge is 2.30. The van der Waals surface area contributed by atoms with Gasteiger partial charge < -0.3 is 4.74 Å². The van der Waals surface area contributed by atoms with E-state index < -0.39 is 11.7 Å². The molecule has 0 N–H and O–H groups in total. The first kappa shape index (κ1) is 15.4. The quantitative estimate of drug-likeness (QED) is 0.676. The van der Waals surface area contributed by atoms with E-state index in [-0.39, 0.29) is 5.02 Å². The zero-order valence-electron chi connectivity index (χ0n) is 11.1. The van der Waals surface area contributed by atoms with Gasteiger partial charge in [-0.25, -0.2) is 0 Å². The summed E-state index contributed by atoms with van der Waals surface area (Å²) >= 11 is 5.73. The van der Waals surface area contributed by atoms with Gasteiger partial charge in [0, 0.05) is 5.02 Å². The third-order valence-corrected chi connectivity index (χ3v) is 3.05. The van der Waals surface area contributed by atoms with E-state index in [1.807, 2.05) is 12.1 Å². The molecule has 0 saturated heterocycles. The third-order valence-electron chi connectivity index (χ3n) is 2.83. The molecule has 2 aromatic carbocycles. The first-order valence-electron chi connectivity index (χ1n) is 6.08. The van der Waals surface area contributed by atoms with Crippen LogP contribution in [0.4, 0.5) is 13.2 Å². The smallest absolute Gasteiger partial charge is 0.416 e. The predicted molar refractivity (Wildman–Crippen MR) is 78.4 cm³/mol. The Morgan fingerprint density at radius 3 is 2.14 bits per heavy atom. The molecule has 2 rings (SSSR count). The van der Waals surface area contributed by atoms with E-state index in [1.54, 1.807) is 31.4 Å². The monoisotopic (exact) mass is 312 g/mol. The van der Waals surface area contributed by atoms with Crippen molar-refractivity contribution >= 4 is 23.8 Å². The summed E-state index contributed by atoms with van der Waals surface area (Å²) in [5.41, 5.74) is 0.486. The molecule has 2 aromatic rings. The van der Waals surface area contributed by atoms with Crippen LogP contribution in [0.2, 0.25) is 5.02 Å². The van der Waals surface area contributed by atoms with Gasteiger partial charge in [0.2, 0.25) is 0 Å². The Labute approximate surface area is 125 Å².